The van der Waals surface area contributed by atoms with Crippen molar-refractivity contribution in [2.45, 2.75) is 17.8 Å². The number of benzene rings is 1. The molecule has 0 radical (unpaired) electrons. The standard InChI is InChI=1S/C16H18O4/c1-19-16(20-2,13-9-5-3-6-10-13)14(17)15(18)11-7-4-8-12-15/h3-11,18H,12H2,1-2H3/t15-/m1/s1. The van der Waals surface area contributed by atoms with Gasteiger partial charge in [-0.25, -0.2) is 0 Å². The molecular weight excluding hydrogens is 256 g/mol. The first-order valence-electron chi connectivity index (χ1n) is 6.36. The summed E-state index contributed by atoms with van der Waals surface area (Å²) < 4.78 is 10.7. The predicted molar refractivity (Wildman–Crippen MR) is 75.0 cm³/mol. The number of hydrogen-bond acceptors (Lipinski definition) is 4. The fraction of sp³-hybridized carbons (Fsp3) is 0.312. The smallest absolute Gasteiger partial charge is 0.259 e. The van der Waals surface area contributed by atoms with Crippen LogP contribution in [-0.2, 0) is 20.1 Å². The molecule has 1 aromatic rings. The first-order valence-corrected chi connectivity index (χ1v) is 6.36. The maximum atomic E-state index is 12.8. The molecule has 0 amide bonds. The van der Waals surface area contributed by atoms with Crippen molar-refractivity contribution < 1.29 is 19.4 Å². The lowest BCUT2D eigenvalue weighted by Crippen LogP contribution is -2.52. The van der Waals surface area contributed by atoms with E-state index in [4.69, 9.17) is 9.47 Å². The van der Waals surface area contributed by atoms with Gasteiger partial charge in [0.2, 0.25) is 5.78 Å². The first-order chi connectivity index (χ1) is 9.59. The molecule has 1 aromatic carbocycles. The topological polar surface area (TPSA) is 55.8 Å². The summed E-state index contributed by atoms with van der Waals surface area (Å²) >= 11 is 0. The molecule has 0 saturated carbocycles. The molecule has 0 unspecified atom stereocenters. The van der Waals surface area contributed by atoms with Gasteiger partial charge in [0, 0.05) is 26.2 Å². The number of ether oxygens (including phenoxy) is 2. The van der Waals surface area contributed by atoms with Gasteiger partial charge in [-0.3, -0.25) is 4.79 Å². The fourth-order valence-corrected chi connectivity index (χ4v) is 2.36. The zero-order valence-electron chi connectivity index (χ0n) is 11.6. The van der Waals surface area contributed by atoms with Crippen molar-refractivity contribution in [3.05, 3.63) is 60.2 Å². The van der Waals surface area contributed by atoms with Crippen molar-refractivity contribution >= 4 is 5.78 Å². The highest BCUT2D eigenvalue weighted by atomic mass is 16.7. The number of ketones is 1. The quantitative estimate of drug-likeness (QED) is 0.834. The van der Waals surface area contributed by atoms with Crippen LogP contribution in [0.5, 0.6) is 0 Å². The van der Waals surface area contributed by atoms with Crippen LogP contribution in [-0.4, -0.2) is 30.7 Å². The average molecular weight is 274 g/mol. The Bertz CT molecular complexity index is 529. The van der Waals surface area contributed by atoms with Crippen LogP contribution in [0.1, 0.15) is 12.0 Å². The molecule has 0 aliphatic heterocycles. The van der Waals surface area contributed by atoms with Crippen LogP contribution in [0, 0.1) is 0 Å². The van der Waals surface area contributed by atoms with Crippen LogP contribution in [0.3, 0.4) is 0 Å². The second-order valence-corrected chi connectivity index (χ2v) is 4.64. The largest absolute Gasteiger partial charge is 0.377 e. The van der Waals surface area contributed by atoms with E-state index < -0.39 is 17.2 Å². The van der Waals surface area contributed by atoms with Gasteiger partial charge in [-0.05, 0) is 6.08 Å². The van der Waals surface area contributed by atoms with E-state index >= 15 is 0 Å². The highest BCUT2D eigenvalue weighted by molar-refractivity contribution is 5.96. The normalized spacial score (nSPS) is 21.9. The lowest BCUT2D eigenvalue weighted by Gasteiger charge is -2.36. The molecule has 1 N–H and O–H groups in total. The monoisotopic (exact) mass is 274 g/mol. The number of methoxy groups -OCH3 is 2. The number of Topliss-reactive ketones (excluding diaryl/α,β-unsaturated/α-hetero) is 1. The lowest BCUT2D eigenvalue weighted by atomic mass is 9.83. The van der Waals surface area contributed by atoms with Crippen LogP contribution < -0.4 is 0 Å². The predicted octanol–water partition coefficient (Wildman–Crippen LogP) is 1.95. The van der Waals surface area contributed by atoms with Crippen molar-refractivity contribution in [1.29, 1.82) is 0 Å². The minimum absolute atomic E-state index is 0.198. The number of aliphatic hydroxyl groups is 1. The van der Waals surface area contributed by atoms with Gasteiger partial charge in [-0.1, -0.05) is 48.6 Å². The molecule has 2 rings (SSSR count). The zero-order valence-corrected chi connectivity index (χ0v) is 11.6. The molecule has 106 valence electrons. The molecule has 4 nitrogen and oxygen atoms in total. The number of hydrogen-bond donors (Lipinski definition) is 1. The summed E-state index contributed by atoms with van der Waals surface area (Å²) in [6, 6.07) is 8.88. The molecule has 0 spiro atoms. The van der Waals surface area contributed by atoms with Gasteiger partial charge in [-0.15, -0.1) is 0 Å². The van der Waals surface area contributed by atoms with E-state index in [2.05, 4.69) is 0 Å². The summed E-state index contributed by atoms with van der Waals surface area (Å²) in [6.45, 7) is 0. The van der Waals surface area contributed by atoms with Crippen LogP contribution in [0.25, 0.3) is 0 Å². The van der Waals surface area contributed by atoms with Crippen molar-refractivity contribution in [2.24, 2.45) is 0 Å². The molecular formula is C16H18O4. The van der Waals surface area contributed by atoms with E-state index in [1.54, 1.807) is 42.5 Å². The fourth-order valence-electron chi connectivity index (χ4n) is 2.36. The third kappa shape index (κ3) is 2.33. The van der Waals surface area contributed by atoms with Crippen molar-refractivity contribution in [2.75, 3.05) is 14.2 Å². The first kappa shape index (κ1) is 14.7. The van der Waals surface area contributed by atoms with Crippen molar-refractivity contribution in [3.8, 4) is 0 Å². The Morgan fingerprint density at radius 3 is 2.35 bits per heavy atom. The van der Waals surface area contributed by atoms with E-state index in [0.29, 0.717) is 5.56 Å². The minimum Gasteiger partial charge on any atom is -0.377 e. The van der Waals surface area contributed by atoms with Gasteiger partial charge in [0.05, 0.1) is 0 Å². The van der Waals surface area contributed by atoms with E-state index in [0.717, 1.165) is 0 Å². The van der Waals surface area contributed by atoms with Gasteiger partial charge in [-0.2, -0.15) is 0 Å². The number of carbonyl (C=O) groups excluding carboxylic acids is 1. The lowest BCUT2D eigenvalue weighted by molar-refractivity contribution is -0.224. The summed E-state index contributed by atoms with van der Waals surface area (Å²) in [7, 11) is 2.78. The maximum absolute atomic E-state index is 12.8. The van der Waals surface area contributed by atoms with Gasteiger partial charge in [0.1, 0.15) is 0 Å². The second kappa shape index (κ2) is 5.71. The van der Waals surface area contributed by atoms with Crippen LogP contribution in [0.2, 0.25) is 0 Å². The van der Waals surface area contributed by atoms with E-state index in [1.807, 2.05) is 6.07 Å². The van der Waals surface area contributed by atoms with Crippen LogP contribution in [0.4, 0.5) is 0 Å². The molecule has 0 bridgehead atoms. The minimum atomic E-state index is -1.63. The summed E-state index contributed by atoms with van der Waals surface area (Å²) in [5, 5.41) is 10.6. The zero-order chi connectivity index (χ0) is 14.6. The molecule has 4 heteroatoms. The Balaban J connectivity index is 2.46. The van der Waals surface area contributed by atoms with E-state index in [9.17, 15) is 9.90 Å². The highest BCUT2D eigenvalue weighted by Gasteiger charge is 2.50. The maximum Gasteiger partial charge on any atom is 0.259 e. The number of allylic oxidation sites excluding steroid dienone is 2. The molecule has 0 fully saturated rings. The molecule has 0 aromatic heterocycles. The van der Waals surface area contributed by atoms with Crippen molar-refractivity contribution in [3.63, 3.8) is 0 Å². The summed E-state index contributed by atoms with van der Waals surface area (Å²) in [5.41, 5.74) is -1.08. The molecule has 1 aliphatic carbocycles. The number of carbonyl (C=O) groups is 1. The van der Waals surface area contributed by atoms with E-state index in [1.165, 1.54) is 20.3 Å². The Morgan fingerprint density at radius 1 is 1.20 bits per heavy atom. The molecule has 20 heavy (non-hydrogen) atoms. The molecule has 0 saturated heterocycles. The number of rotatable bonds is 5. The van der Waals surface area contributed by atoms with Crippen LogP contribution >= 0.6 is 0 Å². The molecule has 0 heterocycles. The van der Waals surface area contributed by atoms with Gasteiger partial charge in [0.25, 0.3) is 5.79 Å². The third-order valence-corrected chi connectivity index (χ3v) is 3.47. The second-order valence-electron chi connectivity index (χ2n) is 4.64. The van der Waals surface area contributed by atoms with Gasteiger partial charge < -0.3 is 14.6 Å². The summed E-state index contributed by atoms with van der Waals surface area (Å²) in [4.78, 5) is 12.8. The third-order valence-electron chi connectivity index (χ3n) is 3.47. The average Bonchev–Trinajstić information content (AvgIpc) is 2.51. The Morgan fingerprint density at radius 2 is 1.85 bits per heavy atom. The Hall–Kier alpha value is -1.75. The summed E-state index contributed by atoms with van der Waals surface area (Å²) in [5.74, 6) is -2.16. The van der Waals surface area contributed by atoms with Gasteiger partial charge in [0.15, 0.2) is 5.60 Å². The summed E-state index contributed by atoms with van der Waals surface area (Å²) in [6.07, 6.45) is 6.82. The Labute approximate surface area is 118 Å². The molecule has 1 atom stereocenters. The van der Waals surface area contributed by atoms with E-state index in [-0.39, 0.29) is 6.42 Å². The van der Waals surface area contributed by atoms with Crippen molar-refractivity contribution in [1.82, 2.24) is 0 Å². The molecule has 1 aliphatic rings. The highest BCUT2D eigenvalue weighted by Crippen LogP contribution is 2.34. The van der Waals surface area contributed by atoms with Gasteiger partial charge >= 0.3 is 0 Å². The Kier molecular flexibility index (Phi) is 4.18. The van der Waals surface area contributed by atoms with Crippen LogP contribution in [0.15, 0.2) is 54.6 Å². The SMILES string of the molecule is COC(OC)(C(=O)[C@@]1(O)C=CC=CC1)c1ccccc1.